The van der Waals surface area contributed by atoms with Crippen LogP contribution >= 0.6 is 0 Å². The molecule has 16 heavy (non-hydrogen) atoms. The fraction of sp³-hybridized carbons (Fsp3) is 0.462. The standard InChI is InChI=1S/C13H16F2O/c1-3-9(4-2)7-13(16)10-5-6-11(14)12(15)8-10/h5-6,8-9H,3-4,7H2,1-2H3. The minimum absolute atomic E-state index is 0.118. The minimum atomic E-state index is -0.963. The van der Waals surface area contributed by atoms with E-state index in [-0.39, 0.29) is 11.3 Å². The van der Waals surface area contributed by atoms with Crippen LogP contribution in [0.3, 0.4) is 0 Å². The average molecular weight is 226 g/mol. The first-order chi connectivity index (χ1) is 7.58. The Balaban J connectivity index is 2.76. The van der Waals surface area contributed by atoms with Crippen molar-refractivity contribution in [1.82, 2.24) is 0 Å². The molecule has 1 aromatic rings. The monoisotopic (exact) mass is 226 g/mol. The second kappa shape index (κ2) is 5.73. The number of carbonyl (C=O) groups excluding carboxylic acids is 1. The summed E-state index contributed by atoms with van der Waals surface area (Å²) in [5, 5.41) is 0. The third-order valence-electron chi connectivity index (χ3n) is 2.87. The molecule has 0 aliphatic heterocycles. The van der Waals surface area contributed by atoms with E-state index in [0.29, 0.717) is 12.3 Å². The van der Waals surface area contributed by atoms with Crippen LogP contribution < -0.4 is 0 Å². The lowest BCUT2D eigenvalue weighted by atomic mass is 9.94. The second-order valence-electron chi connectivity index (χ2n) is 3.94. The van der Waals surface area contributed by atoms with E-state index < -0.39 is 11.6 Å². The minimum Gasteiger partial charge on any atom is -0.294 e. The Hall–Kier alpha value is -1.25. The van der Waals surface area contributed by atoms with Crippen molar-refractivity contribution in [2.75, 3.05) is 0 Å². The molecule has 0 aliphatic rings. The Morgan fingerprint density at radius 3 is 2.31 bits per heavy atom. The van der Waals surface area contributed by atoms with Crippen LogP contribution in [0, 0.1) is 17.6 Å². The zero-order valence-electron chi connectivity index (χ0n) is 9.59. The second-order valence-corrected chi connectivity index (χ2v) is 3.94. The van der Waals surface area contributed by atoms with Crippen molar-refractivity contribution < 1.29 is 13.6 Å². The first-order valence-corrected chi connectivity index (χ1v) is 5.56. The van der Waals surface area contributed by atoms with Crippen LogP contribution in [0.25, 0.3) is 0 Å². The van der Waals surface area contributed by atoms with Gasteiger partial charge in [-0.05, 0) is 24.1 Å². The molecule has 0 aromatic heterocycles. The third kappa shape index (κ3) is 3.12. The zero-order valence-corrected chi connectivity index (χ0v) is 9.59. The molecule has 1 rings (SSSR count). The van der Waals surface area contributed by atoms with E-state index in [1.54, 1.807) is 0 Å². The highest BCUT2D eigenvalue weighted by molar-refractivity contribution is 5.96. The van der Waals surface area contributed by atoms with Gasteiger partial charge in [0.1, 0.15) is 0 Å². The summed E-state index contributed by atoms with van der Waals surface area (Å²) in [4.78, 5) is 11.7. The third-order valence-corrected chi connectivity index (χ3v) is 2.87. The number of Topliss-reactive ketones (excluding diaryl/α,β-unsaturated/α-hetero) is 1. The van der Waals surface area contributed by atoms with Crippen molar-refractivity contribution in [3.8, 4) is 0 Å². The van der Waals surface area contributed by atoms with Crippen LogP contribution in [0.1, 0.15) is 43.5 Å². The average Bonchev–Trinajstić information content (AvgIpc) is 2.29. The van der Waals surface area contributed by atoms with Gasteiger partial charge in [-0.15, -0.1) is 0 Å². The summed E-state index contributed by atoms with van der Waals surface area (Å²) >= 11 is 0. The molecular formula is C13H16F2O. The maximum atomic E-state index is 12.9. The van der Waals surface area contributed by atoms with E-state index in [4.69, 9.17) is 0 Å². The van der Waals surface area contributed by atoms with Gasteiger partial charge >= 0.3 is 0 Å². The molecule has 1 nitrogen and oxygen atoms in total. The van der Waals surface area contributed by atoms with E-state index in [1.165, 1.54) is 6.07 Å². The lowest BCUT2D eigenvalue weighted by molar-refractivity contribution is 0.0958. The Morgan fingerprint density at radius 2 is 1.81 bits per heavy atom. The molecule has 0 N–H and O–H groups in total. The van der Waals surface area contributed by atoms with E-state index >= 15 is 0 Å². The molecule has 0 saturated carbocycles. The molecule has 0 aliphatic carbocycles. The maximum Gasteiger partial charge on any atom is 0.163 e. The first kappa shape index (κ1) is 12.8. The summed E-state index contributed by atoms with van der Waals surface area (Å²) in [6, 6.07) is 3.30. The van der Waals surface area contributed by atoms with Crippen molar-refractivity contribution in [2.24, 2.45) is 5.92 Å². The van der Waals surface area contributed by atoms with Gasteiger partial charge in [0.05, 0.1) is 0 Å². The number of rotatable bonds is 5. The number of ketones is 1. The molecular weight excluding hydrogens is 210 g/mol. The van der Waals surface area contributed by atoms with Gasteiger partial charge in [-0.2, -0.15) is 0 Å². The van der Waals surface area contributed by atoms with Crippen molar-refractivity contribution in [2.45, 2.75) is 33.1 Å². The fourth-order valence-electron chi connectivity index (χ4n) is 1.63. The van der Waals surface area contributed by atoms with E-state index in [2.05, 4.69) is 0 Å². The molecule has 3 heteroatoms. The SMILES string of the molecule is CCC(CC)CC(=O)c1ccc(F)c(F)c1. The molecule has 0 unspecified atom stereocenters. The topological polar surface area (TPSA) is 17.1 Å². The highest BCUT2D eigenvalue weighted by Crippen LogP contribution is 2.17. The van der Waals surface area contributed by atoms with Gasteiger partial charge in [-0.25, -0.2) is 8.78 Å². The number of hydrogen-bond donors (Lipinski definition) is 0. The number of carbonyl (C=O) groups is 1. The van der Waals surface area contributed by atoms with Gasteiger partial charge in [0.25, 0.3) is 0 Å². The van der Waals surface area contributed by atoms with Crippen LogP contribution in [-0.2, 0) is 0 Å². The highest BCUT2D eigenvalue weighted by Gasteiger charge is 2.14. The maximum absolute atomic E-state index is 12.9. The quantitative estimate of drug-likeness (QED) is 0.694. The van der Waals surface area contributed by atoms with E-state index in [0.717, 1.165) is 25.0 Å². The van der Waals surface area contributed by atoms with Crippen molar-refractivity contribution >= 4 is 5.78 Å². The van der Waals surface area contributed by atoms with Crippen LogP contribution in [0.4, 0.5) is 8.78 Å². The van der Waals surface area contributed by atoms with Crippen LogP contribution in [0.2, 0.25) is 0 Å². The van der Waals surface area contributed by atoms with Gasteiger partial charge < -0.3 is 0 Å². The summed E-state index contributed by atoms with van der Waals surface area (Å²) in [5.74, 6) is -1.68. The largest absolute Gasteiger partial charge is 0.294 e. The molecule has 0 bridgehead atoms. The lowest BCUT2D eigenvalue weighted by Gasteiger charge is -2.10. The molecule has 0 radical (unpaired) electrons. The number of halogens is 2. The number of hydrogen-bond acceptors (Lipinski definition) is 1. The Labute approximate surface area is 94.5 Å². The molecule has 0 atom stereocenters. The summed E-state index contributed by atoms with van der Waals surface area (Å²) in [7, 11) is 0. The van der Waals surface area contributed by atoms with Crippen LogP contribution in [0.5, 0.6) is 0 Å². The molecule has 0 fully saturated rings. The molecule has 1 aromatic carbocycles. The molecule has 0 saturated heterocycles. The molecule has 88 valence electrons. The van der Waals surface area contributed by atoms with Gasteiger partial charge in [-0.1, -0.05) is 26.7 Å². The Kier molecular flexibility index (Phi) is 4.59. The first-order valence-electron chi connectivity index (χ1n) is 5.56. The van der Waals surface area contributed by atoms with E-state index in [9.17, 15) is 13.6 Å². The lowest BCUT2D eigenvalue weighted by Crippen LogP contribution is -2.08. The summed E-state index contributed by atoms with van der Waals surface area (Å²) in [6.07, 6.45) is 2.25. The summed E-state index contributed by atoms with van der Waals surface area (Å²) < 4.78 is 25.6. The van der Waals surface area contributed by atoms with Gasteiger partial charge in [0.15, 0.2) is 17.4 Å². The molecule has 0 spiro atoms. The normalized spacial score (nSPS) is 10.8. The van der Waals surface area contributed by atoms with Crippen LogP contribution in [0.15, 0.2) is 18.2 Å². The van der Waals surface area contributed by atoms with Crippen LogP contribution in [-0.4, -0.2) is 5.78 Å². The molecule has 0 heterocycles. The fourth-order valence-corrected chi connectivity index (χ4v) is 1.63. The predicted molar refractivity (Wildman–Crippen MR) is 59.4 cm³/mol. The number of benzene rings is 1. The van der Waals surface area contributed by atoms with Crippen molar-refractivity contribution in [1.29, 1.82) is 0 Å². The smallest absolute Gasteiger partial charge is 0.163 e. The van der Waals surface area contributed by atoms with Crippen molar-refractivity contribution in [3.05, 3.63) is 35.4 Å². The highest BCUT2D eigenvalue weighted by atomic mass is 19.2. The molecule has 0 amide bonds. The van der Waals surface area contributed by atoms with Gasteiger partial charge in [0.2, 0.25) is 0 Å². The zero-order chi connectivity index (χ0) is 12.1. The van der Waals surface area contributed by atoms with Gasteiger partial charge in [0, 0.05) is 12.0 Å². The van der Waals surface area contributed by atoms with Gasteiger partial charge in [-0.3, -0.25) is 4.79 Å². The van der Waals surface area contributed by atoms with E-state index in [1.807, 2.05) is 13.8 Å². The summed E-state index contributed by atoms with van der Waals surface area (Å²) in [6.45, 7) is 4.04. The predicted octanol–water partition coefficient (Wildman–Crippen LogP) is 3.97. The Morgan fingerprint density at radius 1 is 1.19 bits per heavy atom. The van der Waals surface area contributed by atoms with Crippen molar-refractivity contribution in [3.63, 3.8) is 0 Å². The Bertz CT molecular complexity index is 370. The summed E-state index contributed by atoms with van der Waals surface area (Å²) in [5.41, 5.74) is 0.255.